The number of hydrogen-bond acceptors (Lipinski definition) is 6. The average molecular weight is 421 g/mol. The van der Waals surface area contributed by atoms with Gasteiger partial charge < -0.3 is 10.1 Å². The third-order valence-electron chi connectivity index (χ3n) is 4.00. The van der Waals surface area contributed by atoms with Crippen LogP contribution >= 0.6 is 11.3 Å². The van der Waals surface area contributed by atoms with E-state index in [1.165, 1.54) is 18.4 Å². The van der Waals surface area contributed by atoms with Crippen molar-refractivity contribution in [2.45, 2.75) is 11.3 Å². The predicted molar refractivity (Wildman–Crippen MR) is 105 cm³/mol. The summed E-state index contributed by atoms with van der Waals surface area (Å²) in [6, 6.07) is 11.5. The Morgan fingerprint density at radius 2 is 1.79 bits per heavy atom. The number of amides is 1. The number of carbonyl (C=O) groups excluding carboxylic acids is 2. The SMILES string of the molecule is COC(=O)c1sc2ccccc2c1NC(=O)CCS(=O)(=O)c1ccc(F)cc1. The molecule has 0 radical (unpaired) electrons. The van der Waals surface area contributed by atoms with E-state index in [0.717, 1.165) is 29.0 Å². The van der Waals surface area contributed by atoms with Crippen LogP contribution in [0.5, 0.6) is 0 Å². The number of esters is 1. The maximum atomic E-state index is 13.0. The lowest BCUT2D eigenvalue weighted by Crippen LogP contribution is -2.18. The van der Waals surface area contributed by atoms with E-state index in [9.17, 15) is 22.4 Å². The van der Waals surface area contributed by atoms with Crippen molar-refractivity contribution in [3.05, 3.63) is 59.2 Å². The van der Waals surface area contributed by atoms with Crippen LogP contribution in [0.3, 0.4) is 0 Å². The molecule has 28 heavy (non-hydrogen) atoms. The molecule has 0 bridgehead atoms. The molecule has 0 aliphatic heterocycles. The van der Waals surface area contributed by atoms with Gasteiger partial charge in [-0.15, -0.1) is 11.3 Å². The fourth-order valence-electron chi connectivity index (χ4n) is 2.59. The molecule has 0 saturated heterocycles. The first-order chi connectivity index (χ1) is 13.3. The van der Waals surface area contributed by atoms with E-state index in [1.807, 2.05) is 0 Å². The Hall–Kier alpha value is -2.78. The lowest BCUT2D eigenvalue weighted by Gasteiger charge is -2.08. The van der Waals surface area contributed by atoms with Gasteiger partial charge in [0.1, 0.15) is 10.7 Å². The summed E-state index contributed by atoms with van der Waals surface area (Å²) in [4.78, 5) is 24.6. The minimum Gasteiger partial charge on any atom is -0.465 e. The maximum absolute atomic E-state index is 13.0. The Labute approximate surface area is 164 Å². The van der Waals surface area contributed by atoms with E-state index < -0.39 is 33.3 Å². The zero-order valence-electron chi connectivity index (χ0n) is 14.8. The molecule has 0 aliphatic rings. The Balaban J connectivity index is 1.78. The molecule has 3 aromatic rings. The number of nitrogens with one attached hydrogen (secondary N) is 1. The molecule has 9 heteroatoms. The van der Waals surface area contributed by atoms with Crippen molar-refractivity contribution in [2.75, 3.05) is 18.2 Å². The third kappa shape index (κ3) is 4.20. The summed E-state index contributed by atoms with van der Waals surface area (Å²) in [6.07, 6.45) is -0.315. The molecule has 1 amide bonds. The Morgan fingerprint density at radius 1 is 1.11 bits per heavy atom. The molecule has 0 atom stereocenters. The molecule has 3 rings (SSSR count). The van der Waals surface area contributed by atoms with Gasteiger partial charge in [0, 0.05) is 16.5 Å². The van der Waals surface area contributed by atoms with Crippen LogP contribution < -0.4 is 5.32 Å². The van der Waals surface area contributed by atoms with Crippen LogP contribution in [-0.4, -0.2) is 33.2 Å². The molecule has 0 aliphatic carbocycles. The summed E-state index contributed by atoms with van der Waals surface area (Å²) >= 11 is 1.18. The molecule has 0 fully saturated rings. The lowest BCUT2D eigenvalue weighted by atomic mass is 10.2. The number of methoxy groups -OCH3 is 1. The van der Waals surface area contributed by atoms with Crippen LogP contribution in [0.1, 0.15) is 16.1 Å². The van der Waals surface area contributed by atoms with Crippen molar-refractivity contribution in [1.82, 2.24) is 0 Å². The van der Waals surface area contributed by atoms with Crippen molar-refractivity contribution in [2.24, 2.45) is 0 Å². The second-order valence-corrected chi connectivity index (χ2v) is 9.03. The van der Waals surface area contributed by atoms with E-state index >= 15 is 0 Å². The van der Waals surface area contributed by atoms with E-state index in [-0.39, 0.29) is 16.2 Å². The summed E-state index contributed by atoms with van der Waals surface area (Å²) < 4.78 is 43.1. The fraction of sp³-hybridized carbons (Fsp3) is 0.158. The van der Waals surface area contributed by atoms with Gasteiger partial charge in [-0.1, -0.05) is 18.2 Å². The lowest BCUT2D eigenvalue weighted by molar-refractivity contribution is -0.115. The number of thiophene rings is 1. The van der Waals surface area contributed by atoms with Crippen molar-refractivity contribution in [1.29, 1.82) is 0 Å². The first-order valence-electron chi connectivity index (χ1n) is 8.20. The number of carbonyl (C=O) groups is 2. The van der Waals surface area contributed by atoms with Crippen molar-refractivity contribution < 1.29 is 27.1 Å². The highest BCUT2D eigenvalue weighted by Crippen LogP contribution is 2.36. The minimum absolute atomic E-state index is 0.0575. The predicted octanol–water partition coefficient (Wildman–Crippen LogP) is 3.63. The van der Waals surface area contributed by atoms with Gasteiger partial charge >= 0.3 is 5.97 Å². The van der Waals surface area contributed by atoms with Gasteiger partial charge in [0.15, 0.2) is 9.84 Å². The van der Waals surface area contributed by atoms with E-state index in [1.54, 1.807) is 24.3 Å². The Morgan fingerprint density at radius 3 is 2.46 bits per heavy atom. The summed E-state index contributed by atoms with van der Waals surface area (Å²) in [5.41, 5.74) is 0.302. The monoisotopic (exact) mass is 421 g/mol. The van der Waals surface area contributed by atoms with E-state index in [2.05, 4.69) is 5.32 Å². The molecule has 1 aromatic heterocycles. The molecule has 2 aromatic carbocycles. The third-order valence-corrected chi connectivity index (χ3v) is 6.88. The molecule has 0 saturated carbocycles. The summed E-state index contributed by atoms with van der Waals surface area (Å²) in [6.45, 7) is 0. The number of rotatable bonds is 6. The number of anilines is 1. The number of hydrogen-bond donors (Lipinski definition) is 1. The molecular weight excluding hydrogens is 405 g/mol. The van der Waals surface area contributed by atoms with Gasteiger partial charge in [-0.05, 0) is 30.3 Å². The standard InChI is InChI=1S/C19H16FNO5S2/c1-26-19(23)18-17(14-4-2-3-5-15(14)27-18)21-16(22)10-11-28(24,25)13-8-6-12(20)7-9-13/h2-9H,10-11H2,1H3,(H,21,22). The average Bonchev–Trinajstić information content (AvgIpc) is 3.05. The van der Waals surface area contributed by atoms with Crippen LogP contribution in [0, 0.1) is 5.82 Å². The van der Waals surface area contributed by atoms with Crippen LogP contribution in [0.15, 0.2) is 53.4 Å². The topological polar surface area (TPSA) is 89.5 Å². The molecule has 0 spiro atoms. The number of sulfone groups is 1. The normalized spacial score (nSPS) is 11.4. The van der Waals surface area contributed by atoms with Crippen LogP contribution in [-0.2, 0) is 19.4 Å². The smallest absolute Gasteiger partial charge is 0.350 e. The van der Waals surface area contributed by atoms with Crippen molar-refractivity contribution in [3.63, 3.8) is 0 Å². The number of fused-ring (bicyclic) bond motifs is 1. The van der Waals surface area contributed by atoms with Gasteiger partial charge in [0.25, 0.3) is 0 Å². The quantitative estimate of drug-likeness (QED) is 0.485. The van der Waals surface area contributed by atoms with Crippen LogP contribution in [0.4, 0.5) is 10.1 Å². The second kappa shape index (κ2) is 8.07. The second-order valence-electron chi connectivity index (χ2n) is 5.86. The van der Waals surface area contributed by atoms with Gasteiger partial charge in [-0.3, -0.25) is 4.79 Å². The molecular formula is C19H16FNO5S2. The van der Waals surface area contributed by atoms with Gasteiger partial charge in [-0.2, -0.15) is 0 Å². The van der Waals surface area contributed by atoms with Crippen LogP contribution in [0.25, 0.3) is 10.1 Å². The molecule has 1 N–H and O–H groups in total. The summed E-state index contributed by atoms with van der Waals surface area (Å²) in [5, 5.41) is 3.30. The molecule has 6 nitrogen and oxygen atoms in total. The zero-order valence-corrected chi connectivity index (χ0v) is 16.4. The number of benzene rings is 2. The minimum atomic E-state index is -3.74. The van der Waals surface area contributed by atoms with E-state index in [0.29, 0.717) is 11.1 Å². The Kier molecular flexibility index (Phi) is 5.76. The van der Waals surface area contributed by atoms with Gasteiger partial charge in [0.2, 0.25) is 5.91 Å². The highest BCUT2D eigenvalue weighted by molar-refractivity contribution is 7.91. The van der Waals surface area contributed by atoms with Gasteiger partial charge in [0.05, 0.1) is 23.4 Å². The first kappa shape index (κ1) is 20.0. The van der Waals surface area contributed by atoms with Crippen LogP contribution in [0.2, 0.25) is 0 Å². The zero-order chi connectivity index (χ0) is 20.3. The number of ether oxygens (including phenoxy) is 1. The first-order valence-corrected chi connectivity index (χ1v) is 10.7. The van der Waals surface area contributed by atoms with E-state index in [4.69, 9.17) is 4.74 Å². The molecule has 1 heterocycles. The molecule has 146 valence electrons. The number of halogens is 1. The molecule has 0 unspecified atom stereocenters. The van der Waals surface area contributed by atoms with Crippen molar-refractivity contribution >= 4 is 48.8 Å². The Bertz CT molecular complexity index is 1140. The largest absolute Gasteiger partial charge is 0.465 e. The fourth-order valence-corrected chi connectivity index (χ4v) is 4.91. The summed E-state index contributed by atoms with van der Waals surface area (Å²) in [7, 11) is -2.50. The van der Waals surface area contributed by atoms with Gasteiger partial charge in [-0.25, -0.2) is 17.6 Å². The highest BCUT2D eigenvalue weighted by Gasteiger charge is 2.22. The summed E-state index contributed by atoms with van der Waals surface area (Å²) in [5.74, 6) is -2.13. The maximum Gasteiger partial charge on any atom is 0.350 e. The highest BCUT2D eigenvalue weighted by atomic mass is 32.2. The van der Waals surface area contributed by atoms with Crippen molar-refractivity contribution in [3.8, 4) is 0 Å².